The van der Waals surface area contributed by atoms with E-state index in [-0.39, 0.29) is 0 Å². The predicted molar refractivity (Wildman–Crippen MR) is 75.9 cm³/mol. The molecule has 0 atom stereocenters. The molecule has 0 aliphatic heterocycles. The Morgan fingerprint density at radius 2 is 2.06 bits per heavy atom. The van der Waals surface area contributed by atoms with Crippen molar-refractivity contribution in [2.45, 2.75) is 25.4 Å². The molecule has 0 aromatic carbocycles. The Morgan fingerprint density at radius 3 is 2.72 bits per heavy atom. The molecule has 0 radical (unpaired) electrons. The van der Waals surface area contributed by atoms with Gasteiger partial charge >= 0.3 is 0 Å². The monoisotopic (exact) mass is 248 g/mol. The second-order valence-electron chi connectivity index (χ2n) is 5.38. The van der Waals surface area contributed by atoms with Gasteiger partial charge in [0.1, 0.15) is 0 Å². The van der Waals surface area contributed by atoms with Crippen molar-refractivity contribution in [1.29, 1.82) is 0 Å². The molecule has 1 saturated carbocycles. The maximum absolute atomic E-state index is 4.25. The van der Waals surface area contributed by atoms with Crippen molar-refractivity contribution in [3.05, 3.63) is 24.0 Å². The SMILES string of the molecule is CN(C)CCN(C)c1cnccc1CNC1CC1. The van der Waals surface area contributed by atoms with Crippen LogP contribution in [0.1, 0.15) is 18.4 Å². The van der Waals surface area contributed by atoms with E-state index in [0.29, 0.717) is 0 Å². The first kappa shape index (κ1) is 13.3. The van der Waals surface area contributed by atoms with Crippen LogP contribution in [-0.4, -0.2) is 50.2 Å². The van der Waals surface area contributed by atoms with Gasteiger partial charge in [-0.15, -0.1) is 0 Å². The standard InChI is InChI=1S/C14H24N4/c1-17(2)8-9-18(3)14-11-15-7-6-12(14)10-16-13-4-5-13/h6-7,11,13,16H,4-5,8-10H2,1-3H3. The van der Waals surface area contributed by atoms with Crippen LogP contribution in [-0.2, 0) is 6.54 Å². The number of hydrogen-bond acceptors (Lipinski definition) is 4. The van der Waals surface area contributed by atoms with Crippen molar-refractivity contribution in [3.63, 3.8) is 0 Å². The molecule has 2 rings (SSSR count). The third-order valence-corrected chi connectivity index (χ3v) is 3.34. The van der Waals surface area contributed by atoms with Gasteiger partial charge in [-0.05, 0) is 38.6 Å². The van der Waals surface area contributed by atoms with Crippen LogP contribution in [0.15, 0.2) is 18.5 Å². The smallest absolute Gasteiger partial charge is 0.0596 e. The average Bonchev–Trinajstić information content (AvgIpc) is 3.18. The number of nitrogens with one attached hydrogen (secondary N) is 1. The van der Waals surface area contributed by atoms with E-state index in [4.69, 9.17) is 0 Å². The molecule has 0 saturated heterocycles. The van der Waals surface area contributed by atoms with E-state index in [1.54, 1.807) is 0 Å². The minimum Gasteiger partial charge on any atom is -0.372 e. The maximum atomic E-state index is 4.25. The highest BCUT2D eigenvalue weighted by Gasteiger charge is 2.20. The van der Waals surface area contributed by atoms with Crippen LogP contribution in [0, 0.1) is 0 Å². The van der Waals surface area contributed by atoms with Crippen molar-refractivity contribution < 1.29 is 0 Å². The lowest BCUT2D eigenvalue weighted by atomic mass is 10.2. The first-order valence-electron chi connectivity index (χ1n) is 6.69. The molecule has 0 spiro atoms. The highest BCUT2D eigenvalue weighted by molar-refractivity contribution is 5.51. The summed E-state index contributed by atoms with van der Waals surface area (Å²) in [7, 11) is 6.35. The highest BCUT2D eigenvalue weighted by atomic mass is 15.2. The van der Waals surface area contributed by atoms with Gasteiger partial charge in [0, 0.05) is 38.9 Å². The molecule has 18 heavy (non-hydrogen) atoms. The van der Waals surface area contributed by atoms with Crippen molar-refractivity contribution in [3.8, 4) is 0 Å². The van der Waals surface area contributed by atoms with E-state index >= 15 is 0 Å². The summed E-state index contributed by atoms with van der Waals surface area (Å²) in [6.07, 6.45) is 6.51. The van der Waals surface area contributed by atoms with E-state index < -0.39 is 0 Å². The molecule has 1 aliphatic carbocycles. The summed E-state index contributed by atoms with van der Waals surface area (Å²) in [4.78, 5) is 8.75. The lowest BCUT2D eigenvalue weighted by molar-refractivity contribution is 0.416. The molecular weight excluding hydrogens is 224 g/mol. The van der Waals surface area contributed by atoms with Crippen LogP contribution < -0.4 is 10.2 Å². The van der Waals surface area contributed by atoms with Crippen LogP contribution in [0.4, 0.5) is 5.69 Å². The molecule has 0 unspecified atom stereocenters. The lowest BCUT2D eigenvalue weighted by Gasteiger charge is -2.23. The first-order chi connectivity index (χ1) is 8.66. The van der Waals surface area contributed by atoms with Crippen LogP contribution in [0.25, 0.3) is 0 Å². The number of aromatic nitrogens is 1. The molecule has 0 amide bonds. The van der Waals surface area contributed by atoms with Gasteiger partial charge in [0.2, 0.25) is 0 Å². The molecule has 1 aromatic rings. The Bertz CT molecular complexity index is 374. The number of likely N-dealkylation sites (N-methyl/N-ethyl adjacent to an activating group) is 2. The molecule has 1 fully saturated rings. The Hall–Kier alpha value is -1.13. The molecule has 0 bridgehead atoms. The summed E-state index contributed by atoms with van der Waals surface area (Å²) in [6.45, 7) is 3.03. The van der Waals surface area contributed by atoms with Crippen molar-refractivity contribution in [2.75, 3.05) is 39.1 Å². The number of rotatable bonds is 7. The summed E-state index contributed by atoms with van der Waals surface area (Å²) in [5.74, 6) is 0. The Morgan fingerprint density at radius 1 is 1.28 bits per heavy atom. The summed E-state index contributed by atoms with van der Waals surface area (Å²) in [6, 6.07) is 2.87. The van der Waals surface area contributed by atoms with Gasteiger partial charge in [0.05, 0.1) is 11.9 Å². The average molecular weight is 248 g/mol. The summed E-state index contributed by atoms with van der Waals surface area (Å²) in [5.41, 5.74) is 2.59. The maximum Gasteiger partial charge on any atom is 0.0596 e. The van der Waals surface area contributed by atoms with Gasteiger partial charge in [-0.3, -0.25) is 4.98 Å². The molecule has 1 heterocycles. The molecule has 1 aromatic heterocycles. The van der Waals surface area contributed by atoms with Gasteiger partial charge < -0.3 is 15.1 Å². The minimum atomic E-state index is 0.748. The first-order valence-corrected chi connectivity index (χ1v) is 6.69. The predicted octanol–water partition coefficient (Wildman–Crippen LogP) is 1.33. The summed E-state index contributed by atoms with van der Waals surface area (Å²) < 4.78 is 0. The number of nitrogens with zero attached hydrogens (tertiary/aromatic N) is 3. The van der Waals surface area contributed by atoms with Gasteiger partial charge in [-0.1, -0.05) is 0 Å². The number of anilines is 1. The van der Waals surface area contributed by atoms with Crippen LogP contribution in [0.5, 0.6) is 0 Å². The van der Waals surface area contributed by atoms with Crippen LogP contribution in [0.3, 0.4) is 0 Å². The third kappa shape index (κ3) is 3.96. The van der Waals surface area contributed by atoms with Gasteiger partial charge in [0.15, 0.2) is 0 Å². The van der Waals surface area contributed by atoms with E-state index in [9.17, 15) is 0 Å². The zero-order valence-electron chi connectivity index (χ0n) is 11.7. The Labute approximate surface area is 110 Å². The fraction of sp³-hybridized carbons (Fsp3) is 0.643. The van der Waals surface area contributed by atoms with Gasteiger partial charge in [0.25, 0.3) is 0 Å². The van der Waals surface area contributed by atoms with E-state index in [2.05, 4.69) is 47.3 Å². The summed E-state index contributed by atoms with van der Waals surface area (Å²) in [5, 5.41) is 3.57. The Kier molecular flexibility index (Phi) is 4.55. The molecule has 1 aliphatic rings. The Balaban J connectivity index is 1.95. The summed E-state index contributed by atoms with van der Waals surface area (Å²) >= 11 is 0. The van der Waals surface area contributed by atoms with Crippen molar-refractivity contribution in [2.24, 2.45) is 0 Å². The molecule has 1 N–H and O–H groups in total. The number of hydrogen-bond donors (Lipinski definition) is 1. The zero-order chi connectivity index (χ0) is 13.0. The number of pyridine rings is 1. The topological polar surface area (TPSA) is 31.4 Å². The zero-order valence-corrected chi connectivity index (χ0v) is 11.7. The van der Waals surface area contributed by atoms with E-state index in [1.165, 1.54) is 24.1 Å². The van der Waals surface area contributed by atoms with Gasteiger partial charge in [-0.25, -0.2) is 0 Å². The van der Waals surface area contributed by atoms with Gasteiger partial charge in [-0.2, -0.15) is 0 Å². The van der Waals surface area contributed by atoms with E-state index in [1.807, 2.05) is 12.4 Å². The van der Waals surface area contributed by atoms with Crippen molar-refractivity contribution >= 4 is 5.69 Å². The fourth-order valence-electron chi connectivity index (χ4n) is 1.92. The quantitative estimate of drug-likeness (QED) is 0.789. The second kappa shape index (κ2) is 6.16. The van der Waals surface area contributed by atoms with Crippen LogP contribution in [0.2, 0.25) is 0 Å². The largest absolute Gasteiger partial charge is 0.372 e. The van der Waals surface area contributed by atoms with Crippen molar-refractivity contribution in [1.82, 2.24) is 15.2 Å². The molecule has 4 nitrogen and oxygen atoms in total. The molecular formula is C14H24N4. The third-order valence-electron chi connectivity index (χ3n) is 3.34. The lowest BCUT2D eigenvalue weighted by Crippen LogP contribution is -2.29. The second-order valence-corrected chi connectivity index (χ2v) is 5.38. The normalized spacial score (nSPS) is 15.1. The fourth-order valence-corrected chi connectivity index (χ4v) is 1.92. The highest BCUT2D eigenvalue weighted by Crippen LogP contribution is 2.22. The molecule has 4 heteroatoms. The van der Waals surface area contributed by atoms with Crippen LogP contribution >= 0.6 is 0 Å². The van der Waals surface area contributed by atoms with E-state index in [0.717, 1.165) is 25.7 Å². The molecule has 100 valence electrons. The minimum absolute atomic E-state index is 0.748.